The number of benzene rings is 4. The second-order valence-corrected chi connectivity index (χ2v) is 16.5. The molecule has 0 fully saturated rings. The van der Waals surface area contributed by atoms with Crippen molar-refractivity contribution in [2.75, 3.05) is 6.61 Å². The first-order chi connectivity index (χ1) is 33.3. The maximum atomic E-state index is 13.1. The average molecular weight is 921 g/mol. The van der Waals surface area contributed by atoms with E-state index in [4.69, 9.17) is 9.84 Å². The summed E-state index contributed by atoms with van der Waals surface area (Å²) in [5.41, 5.74) is 7.69. The van der Waals surface area contributed by atoms with Crippen LogP contribution in [0, 0.1) is 0 Å². The number of aromatic nitrogens is 14. The van der Waals surface area contributed by atoms with Gasteiger partial charge in [-0.15, -0.1) is 10.2 Å². The fourth-order valence-corrected chi connectivity index (χ4v) is 7.97. The predicted molar refractivity (Wildman–Crippen MR) is 259 cm³/mol. The van der Waals surface area contributed by atoms with Gasteiger partial charge in [0, 0.05) is 30.5 Å². The average Bonchev–Trinajstić information content (AvgIpc) is 4.21. The first-order valence-electron chi connectivity index (χ1n) is 23.6. The number of ether oxygens (including phenoxy) is 1. The quantitative estimate of drug-likeness (QED) is 0.0494. The lowest BCUT2D eigenvalue weighted by molar-refractivity contribution is -0.144. The van der Waals surface area contributed by atoms with Crippen LogP contribution in [0.25, 0.3) is 45.0 Å². The molecule has 18 nitrogen and oxygen atoms in total. The number of hydrogen-bond acceptors (Lipinski definition) is 12. The van der Waals surface area contributed by atoms with Gasteiger partial charge in [-0.1, -0.05) is 150 Å². The molecule has 0 spiro atoms. The fraction of sp³-hybridized carbons (Fsp3) is 0.380. The highest BCUT2D eigenvalue weighted by atomic mass is 16.5. The van der Waals surface area contributed by atoms with E-state index in [1.807, 2.05) is 71.3 Å². The van der Waals surface area contributed by atoms with Crippen LogP contribution in [-0.4, -0.2) is 82.5 Å². The van der Waals surface area contributed by atoms with Gasteiger partial charge in [-0.05, 0) is 80.4 Å². The molecule has 0 amide bonds. The molecule has 0 saturated carbocycles. The molecule has 18 heteroatoms. The minimum atomic E-state index is -0.471. The molecule has 0 radical (unpaired) electrons. The van der Waals surface area contributed by atoms with Gasteiger partial charge in [0.05, 0.1) is 19.7 Å². The molecule has 2 N–H and O–H groups in total. The number of H-pyrrole nitrogens is 2. The lowest BCUT2D eigenvalue weighted by Gasteiger charge is -2.09. The zero-order valence-corrected chi connectivity index (χ0v) is 39.3. The van der Waals surface area contributed by atoms with Crippen LogP contribution in [0.2, 0.25) is 0 Å². The summed E-state index contributed by atoms with van der Waals surface area (Å²) in [6, 6.07) is 32.3. The van der Waals surface area contributed by atoms with Crippen LogP contribution in [0.4, 0.5) is 0 Å². The maximum Gasteiger partial charge on any atom is 0.346 e. The smallest absolute Gasteiger partial charge is 0.346 e. The van der Waals surface area contributed by atoms with Crippen molar-refractivity contribution in [1.82, 2.24) is 69.9 Å². The van der Waals surface area contributed by atoms with Crippen molar-refractivity contribution in [1.29, 1.82) is 0 Å². The largest absolute Gasteiger partial charge is 0.465 e. The third-order valence-corrected chi connectivity index (χ3v) is 11.6. The number of tetrazole rings is 2. The normalized spacial score (nSPS) is 11.1. The lowest BCUT2D eigenvalue weighted by atomic mass is 9.98. The molecular formula is C50H60N14O4. The molecule has 4 heterocycles. The van der Waals surface area contributed by atoms with E-state index in [1.54, 1.807) is 16.2 Å². The molecule has 8 aromatic rings. The van der Waals surface area contributed by atoms with Crippen LogP contribution < -0.4 is 11.4 Å². The number of unbranched alkanes of at least 4 members (excludes halogenated alkanes) is 5. The van der Waals surface area contributed by atoms with Gasteiger partial charge in [0.2, 0.25) is 0 Å². The molecule has 0 bridgehead atoms. The molecule has 68 heavy (non-hydrogen) atoms. The van der Waals surface area contributed by atoms with Crippen molar-refractivity contribution < 1.29 is 9.53 Å². The third-order valence-electron chi connectivity index (χ3n) is 11.6. The summed E-state index contributed by atoms with van der Waals surface area (Å²) in [5, 5.41) is 37.6. The molecule has 0 aliphatic carbocycles. The number of aromatic amines is 2. The number of aryl methyl sites for hydroxylation is 3. The monoisotopic (exact) mass is 920 g/mol. The van der Waals surface area contributed by atoms with Crippen LogP contribution in [0.1, 0.15) is 102 Å². The van der Waals surface area contributed by atoms with E-state index in [1.165, 1.54) is 17.5 Å². The van der Waals surface area contributed by atoms with E-state index in [-0.39, 0.29) is 24.5 Å². The Morgan fingerprint density at radius 2 is 1.00 bits per heavy atom. The number of rotatable bonds is 22. The molecule has 354 valence electrons. The van der Waals surface area contributed by atoms with Gasteiger partial charge in [0.1, 0.15) is 18.2 Å². The SMILES string of the molecule is CCCCCCn1nc(CCCC)n(Cc2ccc(-c3ccccc3-c3nnn[nH]3)cc2)c1=O.CCCCc1nn(CC(=O)OCC)c(=O)n1Cc1ccc(-c2ccccc2-c2nnn[nH]2)cc1. The Bertz CT molecular complexity index is 2910. The van der Waals surface area contributed by atoms with Gasteiger partial charge >= 0.3 is 17.3 Å². The van der Waals surface area contributed by atoms with Crippen LogP contribution in [0.3, 0.4) is 0 Å². The highest BCUT2D eigenvalue weighted by Gasteiger charge is 2.18. The molecule has 0 unspecified atom stereocenters. The molecule has 0 saturated heterocycles. The van der Waals surface area contributed by atoms with Crippen molar-refractivity contribution in [3.8, 4) is 45.0 Å². The molecular weight excluding hydrogens is 861 g/mol. The van der Waals surface area contributed by atoms with Crippen LogP contribution in [0.15, 0.2) is 107 Å². The van der Waals surface area contributed by atoms with Gasteiger partial charge in [-0.2, -0.15) is 10.2 Å². The lowest BCUT2D eigenvalue weighted by Crippen LogP contribution is -2.29. The Hall–Kier alpha value is -7.63. The molecule has 4 aromatic heterocycles. The van der Waals surface area contributed by atoms with Crippen molar-refractivity contribution >= 4 is 5.97 Å². The van der Waals surface area contributed by atoms with Crippen molar-refractivity contribution in [3.05, 3.63) is 141 Å². The predicted octanol–water partition coefficient (Wildman–Crippen LogP) is 7.71. The number of nitrogens with zero attached hydrogens (tertiary/aromatic N) is 12. The number of carbonyl (C=O) groups is 1. The van der Waals surface area contributed by atoms with Gasteiger partial charge < -0.3 is 4.74 Å². The Kier molecular flexibility index (Phi) is 17.2. The number of carbonyl (C=O) groups excluding carboxylic acids is 1. The van der Waals surface area contributed by atoms with Crippen LogP contribution >= 0.6 is 0 Å². The summed E-state index contributed by atoms with van der Waals surface area (Å²) >= 11 is 0. The first kappa shape index (κ1) is 48.3. The van der Waals surface area contributed by atoms with E-state index >= 15 is 0 Å². The zero-order chi connectivity index (χ0) is 47.7. The highest BCUT2D eigenvalue weighted by Crippen LogP contribution is 2.31. The Morgan fingerprint density at radius 1 is 0.544 bits per heavy atom. The summed E-state index contributed by atoms with van der Waals surface area (Å²) in [7, 11) is 0. The minimum absolute atomic E-state index is 0.00477. The molecule has 0 aliphatic rings. The van der Waals surface area contributed by atoms with E-state index < -0.39 is 5.97 Å². The molecule has 0 aliphatic heterocycles. The highest BCUT2D eigenvalue weighted by molar-refractivity contribution is 5.81. The van der Waals surface area contributed by atoms with Crippen molar-refractivity contribution in [2.45, 2.75) is 118 Å². The second-order valence-electron chi connectivity index (χ2n) is 16.5. The van der Waals surface area contributed by atoms with Gasteiger partial charge in [-0.3, -0.25) is 13.9 Å². The minimum Gasteiger partial charge on any atom is -0.465 e. The second kappa shape index (κ2) is 24.2. The van der Waals surface area contributed by atoms with Crippen LogP contribution in [-0.2, 0) is 48.6 Å². The number of hydrogen-bond donors (Lipinski definition) is 2. The summed E-state index contributed by atoms with van der Waals surface area (Å²) in [6.45, 7) is 9.84. The van der Waals surface area contributed by atoms with Crippen molar-refractivity contribution in [2.24, 2.45) is 0 Å². The standard InChI is InChI=1S/C26H33N7O.C24H27N7O3/c1-3-5-7-10-18-33-26(34)32(24(29-33)13-6-4-2)19-20-14-16-21(17-15-20)22-11-8-9-12-23(22)25-27-30-31-28-25;1-3-5-10-21-27-31(16-22(32)34-4-2)24(33)30(21)15-17-11-13-18(14-12-17)19-8-6-7-9-20(19)23-25-28-29-26-23/h8-9,11-12,14-17H,3-7,10,13,18-19H2,1-2H3,(H,27,28,30,31);6-9,11-14H,3-5,10,15-16H2,1-2H3,(H,25,26,28,29). The fourth-order valence-electron chi connectivity index (χ4n) is 7.97. The maximum absolute atomic E-state index is 13.1. The van der Waals surface area contributed by atoms with Gasteiger partial charge in [-0.25, -0.2) is 29.2 Å². The Balaban J connectivity index is 0.000000201. The van der Waals surface area contributed by atoms with Gasteiger partial charge in [0.15, 0.2) is 11.6 Å². The van der Waals surface area contributed by atoms with Crippen molar-refractivity contribution in [3.63, 3.8) is 0 Å². The van der Waals surface area contributed by atoms with E-state index in [0.29, 0.717) is 43.5 Å². The first-order valence-corrected chi connectivity index (χ1v) is 23.6. The molecule has 8 rings (SSSR count). The zero-order valence-electron chi connectivity index (χ0n) is 39.3. The summed E-state index contributed by atoms with van der Waals surface area (Å²) in [6.07, 6.45) is 9.98. The summed E-state index contributed by atoms with van der Waals surface area (Å²) in [4.78, 5) is 38.0. The summed E-state index contributed by atoms with van der Waals surface area (Å²) < 4.78 is 11.3. The van der Waals surface area contributed by atoms with E-state index in [0.717, 1.165) is 95.3 Å². The van der Waals surface area contributed by atoms with Gasteiger partial charge in [0.25, 0.3) is 0 Å². The topological polar surface area (TPSA) is 215 Å². The summed E-state index contributed by atoms with van der Waals surface area (Å²) in [5.74, 6) is 2.32. The number of esters is 1. The van der Waals surface area contributed by atoms with E-state index in [2.05, 4.69) is 97.4 Å². The number of nitrogens with one attached hydrogen (secondary N) is 2. The molecule has 4 aromatic carbocycles. The van der Waals surface area contributed by atoms with Crippen LogP contribution in [0.5, 0.6) is 0 Å². The Morgan fingerprint density at radius 3 is 1.44 bits per heavy atom. The molecule has 0 atom stereocenters. The van der Waals surface area contributed by atoms with E-state index in [9.17, 15) is 14.4 Å². The third kappa shape index (κ3) is 12.2. The Labute approximate surface area is 394 Å².